The Kier molecular flexibility index (Phi) is 5.24. The normalized spacial score (nSPS) is 11.9. The van der Waals surface area contributed by atoms with Gasteiger partial charge in [0.05, 0.1) is 7.11 Å². The summed E-state index contributed by atoms with van der Waals surface area (Å²) in [5.41, 5.74) is 4.72. The molecule has 0 fully saturated rings. The summed E-state index contributed by atoms with van der Waals surface area (Å²) in [4.78, 5) is 4.09. The van der Waals surface area contributed by atoms with Gasteiger partial charge in [-0.25, -0.2) is 0 Å². The third kappa shape index (κ3) is 3.81. The van der Waals surface area contributed by atoms with Gasteiger partial charge in [0.1, 0.15) is 5.75 Å². The molecule has 122 valence electrons. The first-order chi connectivity index (χ1) is 11.8. The Bertz CT molecular complexity index is 772. The lowest BCUT2D eigenvalue weighted by molar-refractivity contribution is 0.416. The molecule has 3 aromatic rings. The molecule has 0 saturated heterocycles. The van der Waals surface area contributed by atoms with E-state index in [2.05, 4.69) is 53.6 Å². The molecule has 0 aliphatic heterocycles. The summed E-state index contributed by atoms with van der Waals surface area (Å²) < 4.78 is 5.51. The van der Waals surface area contributed by atoms with Crippen molar-refractivity contribution in [3.63, 3.8) is 0 Å². The van der Waals surface area contributed by atoms with E-state index in [9.17, 15) is 0 Å². The molecule has 1 heterocycles. The number of nitrogens with zero attached hydrogens (tertiary/aromatic N) is 1. The van der Waals surface area contributed by atoms with Crippen LogP contribution in [0.15, 0.2) is 73.1 Å². The molecular weight excluding hydrogens is 296 g/mol. The topological polar surface area (TPSA) is 34.1 Å². The van der Waals surface area contributed by atoms with Crippen molar-refractivity contribution in [1.82, 2.24) is 10.3 Å². The Morgan fingerprint density at radius 3 is 2.46 bits per heavy atom. The first-order valence-corrected chi connectivity index (χ1v) is 8.13. The van der Waals surface area contributed by atoms with E-state index in [1.165, 1.54) is 11.1 Å². The van der Waals surface area contributed by atoms with Crippen LogP contribution in [0.3, 0.4) is 0 Å². The Balaban J connectivity index is 1.77. The predicted molar refractivity (Wildman–Crippen MR) is 97.9 cm³/mol. The SMILES string of the molecule is COc1ccc(CN[C@H](C)c2ccccc2)cc1-c1ccncc1. The van der Waals surface area contributed by atoms with Gasteiger partial charge in [-0.05, 0) is 47.9 Å². The van der Waals surface area contributed by atoms with E-state index in [0.717, 1.165) is 23.4 Å². The minimum absolute atomic E-state index is 0.303. The zero-order chi connectivity index (χ0) is 16.8. The summed E-state index contributed by atoms with van der Waals surface area (Å²) in [6.45, 7) is 2.99. The third-order valence-electron chi connectivity index (χ3n) is 4.17. The summed E-state index contributed by atoms with van der Waals surface area (Å²) in [6.07, 6.45) is 3.61. The fourth-order valence-electron chi connectivity index (χ4n) is 2.75. The van der Waals surface area contributed by atoms with E-state index >= 15 is 0 Å². The molecular formula is C21H22N2O. The molecule has 3 nitrogen and oxygen atoms in total. The first kappa shape index (κ1) is 16.2. The maximum atomic E-state index is 5.51. The molecule has 3 heteroatoms. The lowest BCUT2D eigenvalue weighted by atomic mass is 10.0. The van der Waals surface area contributed by atoms with Gasteiger partial charge in [0.2, 0.25) is 0 Å². The van der Waals surface area contributed by atoms with Crippen LogP contribution in [0.5, 0.6) is 5.75 Å². The van der Waals surface area contributed by atoms with Crippen molar-refractivity contribution >= 4 is 0 Å². The number of aromatic nitrogens is 1. The number of hydrogen-bond donors (Lipinski definition) is 1. The minimum Gasteiger partial charge on any atom is -0.496 e. The monoisotopic (exact) mass is 318 g/mol. The van der Waals surface area contributed by atoms with Crippen molar-refractivity contribution in [2.75, 3.05) is 7.11 Å². The van der Waals surface area contributed by atoms with Crippen molar-refractivity contribution < 1.29 is 4.74 Å². The van der Waals surface area contributed by atoms with Gasteiger partial charge in [0, 0.05) is 30.5 Å². The van der Waals surface area contributed by atoms with Crippen LogP contribution in [0.4, 0.5) is 0 Å². The van der Waals surface area contributed by atoms with E-state index < -0.39 is 0 Å². The van der Waals surface area contributed by atoms with Gasteiger partial charge in [-0.15, -0.1) is 0 Å². The molecule has 24 heavy (non-hydrogen) atoms. The van der Waals surface area contributed by atoms with Gasteiger partial charge in [-0.2, -0.15) is 0 Å². The average Bonchev–Trinajstić information content (AvgIpc) is 2.67. The summed E-state index contributed by atoms with van der Waals surface area (Å²) in [5, 5.41) is 3.58. The molecule has 0 radical (unpaired) electrons. The third-order valence-corrected chi connectivity index (χ3v) is 4.17. The van der Waals surface area contributed by atoms with Gasteiger partial charge in [-0.1, -0.05) is 36.4 Å². The lowest BCUT2D eigenvalue weighted by Gasteiger charge is -2.16. The van der Waals surface area contributed by atoms with Crippen LogP contribution in [0.1, 0.15) is 24.1 Å². The molecule has 0 spiro atoms. The zero-order valence-corrected chi connectivity index (χ0v) is 14.1. The van der Waals surface area contributed by atoms with Crippen molar-refractivity contribution in [3.8, 4) is 16.9 Å². The van der Waals surface area contributed by atoms with Crippen molar-refractivity contribution in [1.29, 1.82) is 0 Å². The van der Waals surface area contributed by atoms with Crippen molar-refractivity contribution in [3.05, 3.63) is 84.2 Å². The summed E-state index contributed by atoms with van der Waals surface area (Å²) in [6, 6.07) is 21.1. The number of ether oxygens (including phenoxy) is 1. The van der Waals surface area contributed by atoms with Gasteiger partial charge in [0.25, 0.3) is 0 Å². The highest BCUT2D eigenvalue weighted by Crippen LogP contribution is 2.30. The largest absolute Gasteiger partial charge is 0.496 e. The highest BCUT2D eigenvalue weighted by atomic mass is 16.5. The van der Waals surface area contributed by atoms with Crippen LogP contribution in [-0.2, 0) is 6.54 Å². The van der Waals surface area contributed by atoms with Gasteiger partial charge >= 0.3 is 0 Å². The second kappa shape index (κ2) is 7.75. The molecule has 0 unspecified atom stereocenters. The van der Waals surface area contributed by atoms with E-state index in [-0.39, 0.29) is 0 Å². The Labute approximate surface area is 143 Å². The van der Waals surface area contributed by atoms with Crippen molar-refractivity contribution in [2.24, 2.45) is 0 Å². The van der Waals surface area contributed by atoms with E-state index in [0.29, 0.717) is 6.04 Å². The molecule has 0 saturated carbocycles. The highest BCUT2D eigenvalue weighted by molar-refractivity contribution is 5.70. The summed E-state index contributed by atoms with van der Waals surface area (Å²) in [7, 11) is 1.70. The molecule has 1 atom stereocenters. The smallest absolute Gasteiger partial charge is 0.126 e. The highest BCUT2D eigenvalue weighted by Gasteiger charge is 2.09. The number of rotatable bonds is 6. The molecule has 2 aromatic carbocycles. The van der Waals surface area contributed by atoms with Gasteiger partial charge < -0.3 is 10.1 Å². The maximum Gasteiger partial charge on any atom is 0.126 e. The Morgan fingerprint density at radius 2 is 1.75 bits per heavy atom. The van der Waals surface area contributed by atoms with Crippen LogP contribution in [0, 0.1) is 0 Å². The second-order valence-electron chi connectivity index (χ2n) is 5.78. The Morgan fingerprint density at radius 1 is 1.00 bits per heavy atom. The fourth-order valence-corrected chi connectivity index (χ4v) is 2.75. The molecule has 3 rings (SSSR count). The zero-order valence-electron chi connectivity index (χ0n) is 14.1. The van der Waals surface area contributed by atoms with Crippen LogP contribution >= 0.6 is 0 Å². The van der Waals surface area contributed by atoms with E-state index in [1.807, 2.05) is 24.3 Å². The molecule has 1 N–H and O–H groups in total. The summed E-state index contributed by atoms with van der Waals surface area (Å²) >= 11 is 0. The average molecular weight is 318 g/mol. The first-order valence-electron chi connectivity index (χ1n) is 8.13. The fraction of sp³-hybridized carbons (Fsp3) is 0.190. The predicted octanol–water partition coefficient (Wildman–Crippen LogP) is 4.61. The Hall–Kier alpha value is -2.65. The van der Waals surface area contributed by atoms with Gasteiger partial charge in [0.15, 0.2) is 0 Å². The molecule has 0 aliphatic rings. The number of benzene rings is 2. The van der Waals surface area contributed by atoms with Crippen LogP contribution in [0.25, 0.3) is 11.1 Å². The number of nitrogens with one attached hydrogen (secondary N) is 1. The quantitative estimate of drug-likeness (QED) is 0.721. The standard InChI is InChI=1S/C21H22N2O/c1-16(18-6-4-3-5-7-18)23-15-17-8-9-21(24-2)20(14-17)19-10-12-22-13-11-19/h3-14,16,23H,15H2,1-2H3/t16-/m1/s1. The van der Waals surface area contributed by atoms with Crippen molar-refractivity contribution in [2.45, 2.75) is 19.5 Å². The second-order valence-corrected chi connectivity index (χ2v) is 5.78. The molecule has 0 amide bonds. The lowest BCUT2D eigenvalue weighted by Crippen LogP contribution is -2.18. The van der Waals surface area contributed by atoms with E-state index in [1.54, 1.807) is 19.5 Å². The van der Waals surface area contributed by atoms with Crippen LogP contribution < -0.4 is 10.1 Å². The number of pyridine rings is 1. The van der Waals surface area contributed by atoms with Gasteiger partial charge in [-0.3, -0.25) is 4.98 Å². The van der Waals surface area contributed by atoms with E-state index in [4.69, 9.17) is 4.74 Å². The van der Waals surface area contributed by atoms with Crippen LogP contribution in [0.2, 0.25) is 0 Å². The molecule has 0 bridgehead atoms. The van der Waals surface area contributed by atoms with Crippen LogP contribution in [-0.4, -0.2) is 12.1 Å². The number of methoxy groups -OCH3 is 1. The molecule has 0 aliphatic carbocycles. The summed E-state index contributed by atoms with van der Waals surface area (Å²) in [5.74, 6) is 0.876. The molecule has 1 aromatic heterocycles. The minimum atomic E-state index is 0.303. The number of hydrogen-bond acceptors (Lipinski definition) is 3. The maximum absolute atomic E-state index is 5.51.